The Kier molecular flexibility index (Phi) is 4.34. The average molecular weight is 316 g/mol. The van der Waals surface area contributed by atoms with Gasteiger partial charge in [-0.3, -0.25) is 4.79 Å². The van der Waals surface area contributed by atoms with Crippen molar-refractivity contribution in [3.63, 3.8) is 0 Å². The first-order valence-corrected chi connectivity index (χ1v) is 7.75. The summed E-state index contributed by atoms with van der Waals surface area (Å²) < 4.78 is 5.34. The molecule has 1 saturated heterocycles. The average Bonchev–Trinajstić information content (AvgIpc) is 2.95. The molecular formula is C17H20N2O4. The predicted molar refractivity (Wildman–Crippen MR) is 85.2 cm³/mol. The molecule has 0 aliphatic carbocycles. The van der Waals surface area contributed by atoms with Crippen molar-refractivity contribution in [2.75, 3.05) is 13.1 Å². The van der Waals surface area contributed by atoms with Crippen molar-refractivity contribution < 1.29 is 19.4 Å². The van der Waals surface area contributed by atoms with E-state index in [2.05, 4.69) is 4.98 Å². The number of hydrogen-bond acceptors (Lipinski definition) is 3. The lowest BCUT2D eigenvalue weighted by molar-refractivity contribution is -0.166. The molecule has 0 spiro atoms. The highest BCUT2D eigenvalue weighted by atomic mass is 16.5. The van der Waals surface area contributed by atoms with Gasteiger partial charge in [-0.05, 0) is 25.0 Å². The number of aromatic nitrogens is 1. The van der Waals surface area contributed by atoms with E-state index in [0.29, 0.717) is 19.4 Å². The molecule has 1 unspecified atom stereocenters. The highest BCUT2D eigenvalue weighted by molar-refractivity contribution is 5.84. The number of nitrogens with zero attached hydrogens (tertiary/aromatic N) is 1. The number of aromatic amines is 1. The minimum Gasteiger partial charge on any atom is -0.479 e. The summed E-state index contributed by atoms with van der Waals surface area (Å²) in [6.45, 7) is 2.35. The molecular weight excluding hydrogens is 296 g/mol. The zero-order valence-corrected chi connectivity index (χ0v) is 13.0. The molecule has 2 N–H and O–H groups in total. The van der Waals surface area contributed by atoms with Crippen molar-refractivity contribution in [3.05, 3.63) is 36.0 Å². The van der Waals surface area contributed by atoms with Crippen LogP contribution in [-0.2, 0) is 20.7 Å². The summed E-state index contributed by atoms with van der Waals surface area (Å²) >= 11 is 0. The summed E-state index contributed by atoms with van der Waals surface area (Å²) in [6, 6.07) is 7.97. The van der Waals surface area contributed by atoms with Crippen LogP contribution < -0.4 is 0 Å². The molecule has 1 fully saturated rings. The van der Waals surface area contributed by atoms with Crippen molar-refractivity contribution >= 4 is 22.8 Å². The molecule has 0 radical (unpaired) electrons. The Bertz CT molecular complexity index is 724. The monoisotopic (exact) mass is 316 g/mol. The van der Waals surface area contributed by atoms with Crippen LogP contribution in [0, 0.1) is 0 Å². The summed E-state index contributed by atoms with van der Waals surface area (Å²) in [6.07, 6.45) is 1.73. The Morgan fingerprint density at radius 3 is 2.91 bits per heavy atom. The van der Waals surface area contributed by atoms with Crippen LogP contribution in [0.15, 0.2) is 30.5 Å². The van der Waals surface area contributed by atoms with Gasteiger partial charge in [-0.2, -0.15) is 0 Å². The minimum absolute atomic E-state index is 0.0309. The Labute approximate surface area is 134 Å². The maximum Gasteiger partial charge on any atom is 0.334 e. The number of para-hydroxylation sites is 1. The van der Waals surface area contributed by atoms with E-state index in [0.717, 1.165) is 16.5 Å². The van der Waals surface area contributed by atoms with E-state index in [4.69, 9.17) is 9.84 Å². The molecule has 122 valence electrons. The quantitative estimate of drug-likeness (QED) is 0.901. The Hall–Kier alpha value is -2.34. The van der Waals surface area contributed by atoms with E-state index >= 15 is 0 Å². The lowest BCUT2D eigenvalue weighted by atomic mass is 10.1. The van der Waals surface area contributed by atoms with Crippen LogP contribution in [0.5, 0.6) is 0 Å². The summed E-state index contributed by atoms with van der Waals surface area (Å²) in [5.41, 5.74) is 2.16. The lowest BCUT2D eigenvalue weighted by Gasteiger charge is -2.35. The summed E-state index contributed by atoms with van der Waals surface area (Å²) in [4.78, 5) is 28.3. The number of H-pyrrole nitrogens is 1. The van der Waals surface area contributed by atoms with Crippen LogP contribution in [0.2, 0.25) is 0 Å². The molecule has 2 aromatic rings. The van der Waals surface area contributed by atoms with Crippen LogP contribution in [0.25, 0.3) is 10.9 Å². The molecule has 0 bridgehead atoms. The maximum atomic E-state index is 12.4. The highest BCUT2D eigenvalue weighted by Gasteiger charge is 2.32. The molecule has 6 heteroatoms. The first-order chi connectivity index (χ1) is 11.0. The van der Waals surface area contributed by atoms with Gasteiger partial charge in [-0.15, -0.1) is 0 Å². The SMILES string of the molecule is C[C@@H]1CN(C(=O)CCc2c[nH]c3ccccc23)CC(C(=O)O)O1. The van der Waals surface area contributed by atoms with Crippen molar-refractivity contribution in [1.82, 2.24) is 9.88 Å². The fraction of sp³-hybridized carbons (Fsp3) is 0.412. The van der Waals surface area contributed by atoms with Crippen molar-refractivity contribution in [3.8, 4) is 0 Å². The second-order valence-electron chi connectivity index (χ2n) is 5.93. The van der Waals surface area contributed by atoms with Crippen molar-refractivity contribution in [2.45, 2.75) is 32.0 Å². The van der Waals surface area contributed by atoms with E-state index in [1.165, 1.54) is 0 Å². The number of morpholine rings is 1. The number of carboxylic acids is 1. The number of carboxylic acid groups (broad SMARTS) is 1. The molecule has 0 saturated carbocycles. The van der Waals surface area contributed by atoms with Crippen LogP contribution >= 0.6 is 0 Å². The van der Waals surface area contributed by atoms with E-state index < -0.39 is 12.1 Å². The van der Waals surface area contributed by atoms with Gasteiger partial charge < -0.3 is 19.7 Å². The molecule has 1 amide bonds. The number of hydrogen-bond donors (Lipinski definition) is 2. The molecule has 6 nitrogen and oxygen atoms in total. The third-order valence-corrected chi connectivity index (χ3v) is 4.17. The maximum absolute atomic E-state index is 12.4. The third-order valence-electron chi connectivity index (χ3n) is 4.17. The molecule has 1 aliphatic rings. The topological polar surface area (TPSA) is 82.6 Å². The van der Waals surface area contributed by atoms with Gasteiger partial charge in [0.25, 0.3) is 0 Å². The third kappa shape index (κ3) is 3.37. The number of ether oxygens (including phenoxy) is 1. The largest absolute Gasteiger partial charge is 0.479 e. The Morgan fingerprint density at radius 2 is 2.13 bits per heavy atom. The first kappa shape index (κ1) is 15.6. The van der Waals surface area contributed by atoms with Gasteiger partial charge in [0.1, 0.15) is 0 Å². The van der Waals surface area contributed by atoms with Crippen LogP contribution in [0.3, 0.4) is 0 Å². The number of aryl methyl sites for hydroxylation is 1. The molecule has 2 heterocycles. The van der Waals surface area contributed by atoms with Gasteiger partial charge in [0, 0.05) is 30.1 Å². The number of nitrogens with one attached hydrogen (secondary N) is 1. The smallest absolute Gasteiger partial charge is 0.334 e. The van der Waals surface area contributed by atoms with Gasteiger partial charge in [0.05, 0.1) is 12.6 Å². The van der Waals surface area contributed by atoms with Gasteiger partial charge in [-0.25, -0.2) is 4.79 Å². The summed E-state index contributed by atoms with van der Waals surface area (Å²) in [5, 5.41) is 10.2. The molecule has 2 atom stereocenters. The van der Waals surface area contributed by atoms with Gasteiger partial charge >= 0.3 is 5.97 Å². The number of carbonyl (C=O) groups excluding carboxylic acids is 1. The van der Waals surface area contributed by atoms with Crippen molar-refractivity contribution in [1.29, 1.82) is 0 Å². The Balaban J connectivity index is 1.63. The molecule has 1 aromatic carbocycles. The molecule has 23 heavy (non-hydrogen) atoms. The number of benzene rings is 1. The Morgan fingerprint density at radius 1 is 1.35 bits per heavy atom. The number of amides is 1. The number of fused-ring (bicyclic) bond motifs is 1. The van der Waals surface area contributed by atoms with E-state index in [9.17, 15) is 9.59 Å². The van der Waals surface area contributed by atoms with E-state index in [1.807, 2.05) is 30.5 Å². The number of carbonyl (C=O) groups is 2. The molecule has 1 aromatic heterocycles. The van der Waals surface area contributed by atoms with E-state index in [1.54, 1.807) is 11.8 Å². The highest BCUT2D eigenvalue weighted by Crippen LogP contribution is 2.20. The van der Waals surface area contributed by atoms with Gasteiger partial charge in [0.2, 0.25) is 5.91 Å². The zero-order valence-electron chi connectivity index (χ0n) is 13.0. The summed E-state index contributed by atoms with van der Waals surface area (Å²) in [7, 11) is 0. The zero-order chi connectivity index (χ0) is 16.4. The lowest BCUT2D eigenvalue weighted by Crippen LogP contribution is -2.51. The minimum atomic E-state index is -1.02. The standard InChI is InChI=1S/C17H20N2O4/c1-11-9-19(10-15(23-11)17(21)22)16(20)7-6-12-8-18-14-5-3-2-4-13(12)14/h2-5,8,11,15,18H,6-7,9-10H2,1H3,(H,21,22)/t11-,15?/m1/s1. The van der Waals surface area contributed by atoms with Crippen molar-refractivity contribution in [2.24, 2.45) is 0 Å². The second kappa shape index (κ2) is 6.42. The fourth-order valence-electron chi connectivity index (χ4n) is 3.03. The normalized spacial score (nSPS) is 21.5. The van der Waals surface area contributed by atoms with Gasteiger partial charge in [-0.1, -0.05) is 18.2 Å². The van der Waals surface area contributed by atoms with Crippen LogP contribution in [0.1, 0.15) is 18.9 Å². The van der Waals surface area contributed by atoms with Crippen LogP contribution in [0.4, 0.5) is 0 Å². The number of aliphatic carboxylic acids is 1. The summed E-state index contributed by atoms with van der Waals surface area (Å²) in [5.74, 6) is -1.05. The number of rotatable bonds is 4. The fourth-order valence-corrected chi connectivity index (χ4v) is 3.03. The molecule has 1 aliphatic heterocycles. The predicted octanol–water partition coefficient (Wildman–Crippen LogP) is 1.80. The first-order valence-electron chi connectivity index (χ1n) is 7.75. The second-order valence-corrected chi connectivity index (χ2v) is 5.93. The molecule has 3 rings (SSSR count). The van der Waals surface area contributed by atoms with Crippen LogP contribution in [-0.4, -0.2) is 52.2 Å². The van der Waals surface area contributed by atoms with E-state index in [-0.39, 0.29) is 18.6 Å². The van der Waals surface area contributed by atoms with Gasteiger partial charge in [0.15, 0.2) is 6.10 Å².